The summed E-state index contributed by atoms with van der Waals surface area (Å²) < 4.78 is 5.77. The van der Waals surface area contributed by atoms with Gasteiger partial charge in [0.1, 0.15) is 12.4 Å². The van der Waals surface area contributed by atoms with Crippen molar-refractivity contribution in [3.63, 3.8) is 0 Å². The second-order valence-corrected chi connectivity index (χ2v) is 5.28. The van der Waals surface area contributed by atoms with Crippen LogP contribution in [0.2, 0.25) is 0 Å². The van der Waals surface area contributed by atoms with Crippen LogP contribution in [0.15, 0.2) is 36.4 Å². The monoisotopic (exact) mass is 299 g/mol. The highest BCUT2D eigenvalue weighted by atomic mass is 16.5. The molecule has 0 aromatic heterocycles. The van der Waals surface area contributed by atoms with Gasteiger partial charge in [-0.1, -0.05) is 24.3 Å². The van der Waals surface area contributed by atoms with Crippen molar-refractivity contribution in [2.45, 2.75) is 20.8 Å². The number of hydrogen-bond donors (Lipinski definition) is 2. The van der Waals surface area contributed by atoms with Crippen LogP contribution >= 0.6 is 0 Å². The van der Waals surface area contributed by atoms with Crippen LogP contribution in [0.3, 0.4) is 0 Å². The van der Waals surface area contributed by atoms with Gasteiger partial charge in [-0.2, -0.15) is 0 Å². The fourth-order valence-corrected chi connectivity index (χ4v) is 2.30. The Balaban J connectivity index is 1.97. The van der Waals surface area contributed by atoms with Crippen molar-refractivity contribution < 1.29 is 14.6 Å². The van der Waals surface area contributed by atoms with Gasteiger partial charge >= 0.3 is 5.97 Å². The molecule has 116 valence electrons. The van der Waals surface area contributed by atoms with Gasteiger partial charge in [-0.15, -0.1) is 0 Å². The summed E-state index contributed by atoms with van der Waals surface area (Å²) in [6, 6.07) is 11.2. The summed E-state index contributed by atoms with van der Waals surface area (Å²) in [5.41, 5.74) is 4.17. The van der Waals surface area contributed by atoms with Crippen molar-refractivity contribution in [2.75, 3.05) is 18.5 Å². The summed E-state index contributed by atoms with van der Waals surface area (Å²) in [4.78, 5) is 11.2. The van der Waals surface area contributed by atoms with Crippen LogP contribution in [-0.4, -0.2) is 24.2 Å². The highest BCUT2D eigenvalue weighted by molar-refractivity contribution is 5.95. The molecule has 0 saturated carbocycles. The van der Waals surface area contributed by atoms with E-state index in [1.807, 2.05) is 45.0 Å². The predicted octanol–water partition coefficient (Wildman–Crippen LogP) is 3.80. The average Bonchev–Trinajstić information content (AvgIpc) is 2.48. The minimum absolute atomic E-state index is 0.284. The lowest BCUT2D eigenvalue weighted by molar-refractivity contribution is 0.0698. The van der Waals surface area contributed by atoms with Crippen LogP contribution in [0.4, 0.5) is 5.69 Å². The van der Waals surface area contributed by atoms with Gasteiger partial charge < -0.3 is 15.2 Å². The van der Waals surface area contributed by atoms with Crippen molar-refractivity contribution in [3.8, 4) is 5.75 Å². The minimum Gasteiger partial charge on any atom is -0.491 e. The summed E-state index contributed by atoms with van der Waals surface area (Å²) in [6.07, 6.45) is 0. The van der Waals surface area contributed by atoms with E-state index in [1.54, 1.807) is 12.1 Å². The molecule has 22 heavy (non-hydrogen) atoms. The van der Waals surface area contributed by atoms with Gasteiger partial charge in [0.2, 0.25) is 0 Å². The normalized spacial score (nSPS) is 10.3. The standard InChI is InChI=1S/C18H21NO3/c1-12-6-5-9-16(14(12)3)22-11-10-19-17-13(2)7-4-8-15(17)18(20)21/h4-9,19H,10-11H2,1-3H3,(H,20,21). The van der Waals surface area contributed by atoms with E-state index in [1.165, 1.54) is 5.56 Å². The molecular formula is C18H21NO3. The summed E-state index contributed by atoms with van der Waals surface area (Å²) >= 11 is 0. The molecule has 0 saturated heterocycles. The first-order valence-corrected chi connectivity index (χ1v) is 7.26. The second-order valence-electron chi connectivity index (χ2n) is 5.28. The average molecular weight is 299 g/mol. The number of rotatable bonds is 6. The predicted molar refractivity (Wildman–Crippen MR) is 88.0 cm³/mol. The number of hydrogen-bond acceptors (Lipinski definition) is 3. The third-order valence-corrected chi connectivity index (χ3v) is 3.72. The molecule has 0 fully saturated rings. The molecule has 0 atom stereocenters. The van der Waals surface area contributed by atoms with Crippen LogP contribution in [0.25, 0.3) is 0 Å². The SMILES string of the molecule is Cc1cccc(OCCNc2c(C)cccc2C(=O)O)c1C. The zero-order chi connectivity index (χ0) is 16.1. The highest BCUT2D eigenvalue weighted by Crippen LogP contribution is 2.22. The Morgan fingerprint density at radius 2 is 1.77 bits per heavy atom. The van der Waals surface area contributed by atoms with E-state index in [4.69, 9.17) is 4.74 Å². The summed E-state index contributed by atoms with van der Waals surface area (Å²) in [6.45, 7) is 6.98. The van der Waals surface area contributed by atoms with Gasteiger partial charge in [-0.25, -0.2) is 4.79 Å². The molecule has 0 aliphatic carbocycles. The third kappa shape index (κ3) is 3.58. The molecule has 0 spiro atoms. The lowest BCUT2D eigenvalue weighted by atomic mass is 10.1. The summed E-state index contributed by atoms with van der Waals surface area (Å²) in [5, 5.41) is 12.4. The van der Waals surface area contributed by atoms with E-state index >= 15 is 0 Å². The fourth-order valence-electron chi connectivity index (χ4n) is 2.30. The minimum atomic E-state index is -0.929. The number of benzene rings is 2. The van der Waals surface area contributed by atoms with Crippen LogP contribution in [0, 0.1) is 20.8 Å². The second kappa shape index (κ2) is 6.98. The summed E-state index contributed by atoms with van der Waals surface area (Å²) in [7, 11) is 0. The van der Waals surface area contributed by atoms with Crippen molar-refractivity contribution in [3.05, 3.63) is 58.7 Å². The molecule has 0 bridgehead atoms. The number of nitrogens with one attached hydrogen (secondary N) is 1. The fraction of sp³-hybridized carbons (Fsp3) is 0.278. The number of para-hydroxylation sites is 1. The molecule has 4 heteroatoms. The first kappa shape index (κ1) is 15.9. The Labute approximate surface area is 130 Å². The van der Waals surface area contributed by atoms with E-state index < -0.39 is 5.97 Å². The molecule has 2 N–H and O–H groups in total. The van der Waals surface area contributed by atoms with Crippen molar-refractivity contribution in [1.82, 2.24) is 0 Å². The zero-order valence-electron chi connectivity index (χ0n) is 13.1. The van der Waals surface area contributed by atoms with Gasteiger partial charge in [0.25, 0.3) is 0 Å². The number of carbonyl (C=O) groups is 1. The number of ether oxygens (including phenoxy) is 1. The van der Waals surface area contributed by atoms with E-state index in [2.05, 4.69) is 5.32 Å². The molecule has 0 heterocycles. The number of anilines is 1. The summed E-state index contributed by atoms with van der Waals surface area (Å²) in [5.74, 6) is -0.0633. The van der Waals surface area contributed by atoms with Crippen molar-refractivity contribution in [2.24, 2.45) is 0 Å². The molecule has 2 aromatic rings. The van der Waals surface area contributed by atoms with Crippen LogP contribution < -0.4 is 10.1 Å². The molecule has 2 rings (SSSR count). The van der Waals surface area contributed by atoms with E-state index in [0.29, 0.717) is 18.8 Å². The van der Waals surface area contributed by atoms with Crippen LogP contribution in [-0.2, 0) is 0 Å². The number of carboxylic acid groups (broad SMARTS) is 1. The molecule has 0 aliphatic rings. The Kier molecular flexibility index (Phi) is 5.04. The maximum absolute atomic E-state index is 11.2. The first-order valence-electron chi connectivity index (χ1n) is 7.26. The zero-order valence-corrected chi connectivity index (χ0v) is 13.1. The molecule has 0 unspecified atom stereocenters. The maximum atomic E-state index is 11.2. The number of aryl methyl sites for hydroxylation is 2. The first-order chi connectivity index (χ1) is 10.5. The molecule has 0 aliphatic heterocycles. The lowest BCUT2D eigenvalue weighted by Gasteiger charge is -2.14. The number of carboxylic acids is 1. The van der Waals surface area contributed by atoms with E-state index in [0.717, 1.165) is 16.9 Å². The highest BCUT2D eigenvalue weighted by Gasteiger charge is 2.11. The van der Waals surface area contributed by atoms with Crippen LogP contribution in [0.5, 0.6) is 5.75 Å². The van der Waals surface area contributed by atoms with Gasteiger partial charge in [0, 0.05) is 6.54 Å². The Morgan fingerprint density at radius 1 is 1.09 bits per heavy atom. The molecule has 0 amide bonds. The van der Waals surface area contributed by atoms with Crippen molar-refractivity contribution >= 4 is 11.7 Å². The molecule has 0 radical (unpaired) electrons. The van der Waals surface area contributed by atoms with Gasteiger partial charge in [-0.05, 0) is 49.6 Å². The molecule has 4 nitrogen and oxygen atoms in total. The quantitative estimate of drug-likeness (QED) is 0.797. The molecular weight excluding hydrogens is 278 g/mol. The van der Waals surface area contributed by atoms with Gasteiger partial charge in [0.05, 0.1) is 11.3 Å². The molecule has 2 aromatic carbocycles. The number of aromatic carboxylic acids is 1. The maximum Gasteiger partial charge on any atom is 0.337 e. The van der Waals surface area contributed by atoms with E-state index in [-0.39, 0.29) is 5.56 Å². The Morgan fingerprint density at radius 3 is 2.50 bits per heavy atom. The van der Waals surface area contributed by atoms with Gasteiger partial charge in [0.15, 0.2) is 0 Å². The largest absolute Gasteiger partial charge is 0.491 e. The van der Waals surface area contributed by atoms with E-state index in [9.17, 15) is 9.90 Å². The van der Waals surface area contributed by atoms with Gasteiger partial charge in [-0.3, -0.25) is 0 Å². The van der Waals surface area contributed by atoms with Crippen LogP contribution in [0.1, 0.15) is 27.0 Å². The topological polar surface area (TPSA) is 58.6 Å². The van der Waals surface area contributed by atoms with Crippen molar-refractivity contribution in [1.29, 1.82) is 0 Å². The Bertz CT molecular complexity index is 680. The Hall–Kier alpha value is -2.49. The third-order valence-electron chi connectivity index (χ3n) is 3.72. The lowest BCUT2D eigenvalue weighted by Crippen LogP contribution is -2.15. The smallest absolute Gasteiger partial charge is 0.337 e.